The predicted octanol–water partition coefficient (Wildman–Crippen LogP) is 3.96. The van der Waals surface area contributed by atoms with Crippen molar-refractivity contribution in [3.05, 3.63) is 32.6 Å². The molecule has 1 unspecified atom stereocenters. The number of aromatic nitrogens is 2. The first-order chi connectivity index (χ1) is 17.5. The summed E-state index contributed by atoms with van der Waals surface area (Å²) in [6, 6.07) is 0. The second-order valence-corrected chi connectivity index (χ2v) is 23.4. The van der Waals surface area contributed by atoms with Gasteiger partial charge in [-0.05, 0) is 43.2 Å². The number of amidine groups is 1. The average molecular weight is 583 g/mol. The van der Waals surface area contributed by atoms with E-state index in [9.17, 15) is 14.4 Å². The van der Waals surface area contributed by atoms with E-state index in [-0.39, 0.29) is 22.5 Å². The predicted molar refractivity (Wildman–Crippen MR) is 155 cm³/mol. The molecule has 0 aliphatic carbocycles. The molecule has 4 atom stereocenters. The molecule has 1 N–H and O–H groups in total. The van der Waals surface area contributed by atoms with Gasteiger partial charge in [-0.15, -0.1) is 0 Å². The number of hydrogen-bond acceptors (Lipinski definition) is 8. The molecule has 1 aromatic heterocycles. The summed E-state index contributed by atoms with van der Waals surface area (Å²) in [6.07, 6.45) is -2.30. The van der Waals surface area contributed by atoms with Gasteiger partial charge in [-0.3, -0.25) is 24.2 Å². The van der Waals surface area contributed by atoms with Crippen molar-refractivity contribution in [3.63, 3.8) is 0 Å². The number of carbonyl (C=O) groups is 1. The van der Waals surface area contributed by atoms with E-state index in [1.54, 1.807) is 6.92 Å². The lowest BCUT2D eigenvalue weighted by molar-refractivity contribution is -0.0567. The standard InChI is InChI=1S/C26H46N4O7Si2/c1-16-14-30(22(32)28(8)19(16)31)20-18(37-39(12,13)25(5,6)7)26(21(27)29(9)23(33)36-26)17(35-20)15-34-38(10,11)24(2,3)4/h14,17-18,20,27H,15H2,1-13H3/t17-,18+,20-,26?/m1/s1. The molecule has 1 amide bonds. The van der Waals surface area contributed by atoms with Crippen LogP contribution in [0.25, 0.3) is 0 Å². The lowest BCUT2D eigenvalue weighted by Crippen LogP contribution is -2.61. The van der Waals surface area contributed by atoms with Crippen molar-refractivity contribution in [1.82, 2.24) is 14.0 Å². The minimum atomic E-state index is -2.59. The fourth-order valence-corrected chi connectivity index (χ4v) is 6.58. The normalized spacial score (nSPS) is 26.6. The molecule has 11 nitrogen and oxygen atoms in total. The van der Waals surface area contributed by atoms with Crippen molar-refractivity contribution in [2.75, 3.05) is 13.7 Å². The van der Waals surface area contributed by atoms with Crippen LogP contribution < -0.4 is 11.2 Å². The Bertz CT molecular complexity index is 1270. The smallest absolute Gasteiger partial charge is 0.416 e. The van der Waals surface area contributed by atoms with Crippen LogP contribution in [0.15, 0.2) is 15.8 Å². The topological polar surface area (TPSA) is 125 Å². The van der Waals surface area contributed by atoms with Gasteiger partial charge in [-0.1, -0.05) is 41.5 Å². The molecule has 39 heavy (non-hydrogen) atoms. The van der Waals surface area contributed by atoms with Crippen molar-refractivity contribution >= 4 is 28.6 Å². The van der Waals surface area contributed by atoms with Gasteiger partial charge in [0.2, 0.25) is 5.60 Å². The Balaban J connectivity index is 2.26. The Morgan fingerprint density at radius 2 is 1.54 bits per heavy atom. The molecule has 0 bridgehead atoms. The fraction of sp³-hybridized carbons (Fsp3) is 0.769. The molecule has 1 aromatic rings. The number of hydrogen-bond donors (Lipinski definition) is 1. The third-order valence-corrected chi connectivity index (χ3v) is 18.0. The van der Waals surface area contributed by atoms with E-state index >= 15 is 0 Å². The number of aryl methyl sites for hydroxylation is 1. The number of nitrogens with one attached hydrogen (secondary N) is 1. The molecule has 0 aromatic carbocycles. The van der Waals surface area contributed by atoms with Gasteiger partial charge in [-0.25, -0.2) is 9.59 Å². The number of rotatable bonds is 6. The molecule has 2 aliphatic heterocycles. The fourth-order valence-electron chi connectivity index (χ4n) is 4.30. The van der Waals surface area contributed by atoms with E-state index in [0.717, 1.165) is 9.47 Å². The highest BCUT2D eigenvalue weighted by atomic mass is 28.4. The largest absolute Gasteiger partial charge is 0.428 e. The molecule has 2 aliphatic rings. The summed E-state index contributed by atoms with van der Waals surface area (Å²) in [4.78, 5) is 40.0. The minimum Gasteiger partial charge on any atom is -0.428 e. The van der Waals surface area contributed by atoms with Gasteiger partial charge >= 0.3 is 11.8 Å². The maximum atomic E-state index is 13.4. The van der Waals surface area contributed by atoms with Crippen molar-refractivity contribution in [2.45, 2.75) is 109 Å². The zero-order valence-corrected chi connectivity index (χ0v) is 27.7. The Morgan fingerprint density at radius 3 is 2.00 bits per heavy atom. The zero-order valence-electron chi connectivity index (χ0n) is 25.7. The molecule has 1 spiro atoms. The highest BCUT2D eigenvalue weighted by Gasteiger charge is 2.70. The Labute approximate surface area is 233 Å². The van der Waals surface area contributed by atoms with E-state index in [2.05, 4.69) is 67.7 Å². The summed E-state index contributed by atoms with van der Waals surface area (Å²) in [5, 5.41) is 8.75. The molecule has 220 valence electrons. The second kappa shape index (κ2) is 9.79. The highest BCUT2D eigenvalue weighted by Crippen LogP contribution is 2.50. The van der Waals surface area contributed by atoms with Crippen LogP contribution in [0, 0.1) is 12.3 Å². The van der Waals surface area contributed by atoms with Crippen molar-refractivity contribution in [3.8, 4) is 0 Å². The lowest BCUT2D eigenvalue weighted by Gasteiger charge is -2.43. The molecule has 2 fully saturated rings. The Morgan fingerprint density at radius 1 is 1.00 bits per heavy atom. The van der Waals surface area contributed by atoms with E-state index in [1.807, 2.05) is 0 Å². The number of amides is 1. The van der Waals surface area contributed by atoms with Crippen molar-refractivity contribution in [1.29, 1.82) is 5.41 Å². The second-order valence-electron chi connectivity index (χ2n) is 13.8. The van der Waals surface area contributed by atoms with Gasteiger partial charge < -0.3 is 18.3 Å². The number of ether oxygens (including phenoxy) is 2. The van der Waals surface area contributed by atoms with Crippen LogP contribution in [0.4, 0.5) is 4.79 Å². The molecule has 13 heteroatoms. The number of carbonyl (C=O) groups excluding carboxylic acids is 1. The first-order valence-electron chi connectivity index (χ1n) is 13.3. The van der Waals surface area contributed by atoms with Crippen LogP contribution in [0.3, 0.4) is 0 Å². The quantitative estimate of drug-likeness (QED) is 0.503. The zero-order chi connectivity index (χ0) is 30.1. The Kier molecular flexibility index (Phi) is 7.90. The van der Waals surface area contributed by atoms with E-state index in [0.29, 0.717) is 5.56 Å². The molecular weight excluding hydrogens is 536 g/mol. The summed E-state index contributed by atoms with van der Waals surface area (Å²) in [7, 11) is -1.99. The molecule has 3 heterocycles. The van der Waals surface area contributed by atoms with Crippen LogP contribution in [0.1, 0.15) is 53.3 Å². The summed E-state index contributed by atoms with van der Waals surface area (Å²) in [5.74, 6) is -0.114. The van der Waals surface area contributed by atoms with Crippen LogP contribution in [-0.4, -0.2) is 74.1 Å². The van der Waals surface area contributed by atoms with Crippen LogP contribution >= 0.6 is 0 Å². The third-order valence-electron chi connectivity index (χ3n) is 9.09. The maximum Gasteiger partial charge on any atom is 0.416 e. The molecule has 2 saturated heterocycles. The van der Waals surface area contributed by atoms with Gasteiger partial charge in [0.15, 0.2) is 28.7 Å². The lowest BCUT2D eigenvalue weighted by atomic mass is 9.90. The highest BCUT2D eigenvalue weighted by molar-refractivity contribution is 6.74. The molecule has 0 radical (unpaired) electrons. The number of likely N-dealkylation sites (N-methyl/N-ethyl adjacent to an activating group) is 1. The maximum absolute atomic E-state index is 13.4. The molecule has 3 rings (SSSR count). The molecular formula is C26H46N4O7Si2. The van der Waals surface area contributed by atoms with Crippen LogP contribution in [0.2, 0.25) is 36.3 Å². The van der Waals surface area contributed by atoms with Gasteiger partial charge in [0, 0.05) is 25.9 Å². The van der Waals surface area contributed by atoms with Crippen molar-refractivity contribution in [2.24, 2.45) is 7.05 Å². The van der Waals surface area contributed by atoms with Gasteiger partial charge in [0.05, 0.1) is 6.61 Å². The molecule has 0 saturated carbocycles. The van der Waals surface area contributed by atoms with Gasteiger partial charge in [0.25, 0.3) is 5.56 Å². The van der Waals surface area contributed by atoms with Crippen LogP contribution in [0.5, 0.6) is 0 Å². The first-order valence-corrected chi connectivity index (χ1v) is 19.1. The summed E-state index contributed by atoms with van der Waals surface area (Å²) < 4.78 is 28.4. The van der Waals surface area contributed by atoms with E-state index in [4.69, 9.17) is 23.7 Å². The third kappa shape index (κ3) is 5.12. The SMILES string of the molecule is Cc1cn([C@@H]2O[C@H](CO[Si](C)(C)C(C)(C)C)C3(OC(=O)N(C)C3=N)[C@H]2O[Si](C)(C)C(C)(C)C)c(=O)n(C)c1=O. The minimum absolute atomic E-state index is 0.0351. The van der Waals surface area contributed by atoms with E-state index < -0.39 is 58.0 Å². The average Bonchev–Trinajstić information content (AvgIpc) is 3.20. The van der Waals surface area contributed by atoms with Crippen molar-refractivity contribution < 1.29 is 23.1 Å². The number of nitrogens with zero attached hydrogens (tertiary/aromatic N) is 3. The first kappa shape index (κ1) is 31.5. The van der Waals surface area contributed by atoms with Crippen LogP contribution in [-0.2, 0) is 25.4 Å². The van der Waals surface area contributed by atoms with Gasteiger partial charge in [-0.2, -0.15) is 0 Å². The Hall–Kier alpha value is -2.07. The summed E-state index contributed by atoms with van der Waals surface area (Å²) >= 11 is 0. The summed E-state index contributed by atoms with van der Waals surface area (Å²) in [5.41, 5.74) is -2.32. The monoisotopic (exact) mass is 582 g/mol. The van der Waals surface area contributed by atoms with E-state index in [1.165, 1.54) is 24.9 Å². The van der Waals surface area contributed by atoms with Gasteiger partial charge in [0.1, 0.15) is 12.2 Å². The summed E-state index contributed by atoms with van der Waals surface area (Å²) in [6.45, 7) is 22.6.